The van der Waals surface area contributed by atoms with Crippen molar-refractivity contribution in [1.82, 2.24) is 9.80 Å². The summed E-state index contributed by atoms with van der Waals surface area (Å²) in [6, 6.07) is 9.64. The summed E-state index contributed by atoms with van der Waals surface area (Å²) >= 11 is 0. The van der Waals surface area contributed by atoms with Crippen LogP contribution in [-0.2, 0) is 0 Å². The van der Waals surface area contributed by atoms with Crippen LogP contribution in [0.5, 0.6) is 5.75 Å². The Labute approximate surface area is 144 Å². The van der Waals surface area contributed by atoms with E-state index in [-0.39, 0.29) is 0 Å². The fraction of sp³-hybridized carbons (Fsp3) is 0.650. The first-order valence-corrected chi connectivity index (χ1v) is 9.47. The van der Waals surface area contributed by atoms with Crippen LogP contribution in [-0.4, -0.2) is 48.1 Å². The van der Waals surface area contributed by atoms with Crippen LogP contribution in [0.4, 0.5) is 4.79 Å². The van der Waals surface area contributed by atoms with Gasteiger partial charge in [0.25, 0.3) is 0 Å². The van der Waals surface area contributed by atoms with Gasteiger partial charge in [0.05, 0.1) is 7.11 Å². The van der Waals surface area contributed by atoms with Crippen molar-refractivity contribution < 1.29 is 9.53 Å². The summed E-state index contributed by atoms with van der Waals surface area (Å²) in [5, 5.41) is 0. The molecule has 2 bridgehead atoms. The van der Waals surface area contributed by atoms with Gasteiger partial charge in [0.1, 0.15) is 5.75 Å². The van der Waals surface area contributed by atoms with Gasteiger partial charge in [-0.3, -0.25) is 0 Å². The van der Waals surface area contributed by atoms with E-state index in [1.54, 1.807) is 7.11 Å². The van der Waals surface area contributed by atoms with Gasteiger partial charge in [-0.2, -0.15) is 0 Å². The summed E-state index contributed by atoms with van der Waals surface area (Å²) in [6.45, 7) is 1.90. The number of hydrogen-bond acceptors (Lipinski definition) is 2. The molecule has 0 N–H and O–H groups in total. The fourth-order valence-electron chi connectivity index (χ4n) is 4.91. The number of methoxy groups -OCH3 is 1. The number of benzene rings is 1. The second-order valence-electron chi connectivity index (χ2n) is 7.57. The molecular weight excluding hydrogens is 300 g/mol. The third-order valence-corrected chi connectivity index (χ3v) is 6.15. The maximum atomic E-state index is 13.0. The highest BCUT2D eigenvalue weighted by molar-refractivity contribution is 5.76. The van der Waals surface area contributed by atoms with E-state index >= 15 is 0 Å². The molecule has 1 aromatic rings. The Morgan fingerprint density at radius 2 is 1.79 bits per heavy atom. The number of ether oxygens (including phenoxy) is 1. The zero-order valence-corrected chi connectivity index (χ0v) is 14.6. The zero-order chi connectivity index (χ0) is 16.5. The third-order valence-electron chi connectivity index (χ3n) is 6.15. The summed E-state index contributed by atoms with van der Waals surface area (Å²) in [7, 11) is 1.72. The SMILES string of the molecule is COc1cccc([C@H]2C[C@H]3CC[C@@H](C2)N3C(=O)N2CCCCC2)c1. The highest BCUT2D eigenvalue weighted by Gasteiger charge is 2.44. The van der Waals surface area contributed by atoms with E-state index in [0.29, 0.717) is 24.0 Å². The van der Waals surface area contributed by atoms with Crippen molar-refractivity contribution in [2.75, 3.05) is 20.2 Å². The maximum Gasteiger partial charge on any atom is 0.320 e. The van der Waals surface area contributed by atoms with Gasteiger partial charge in [0.2, 0.25) is 0 Å². The van der Waals surface area contributed by atoms with Crippen LogP contribution in [0.1, 0.15) is 56.4 Å². The van der Waals surface area contributed by atoms with Gasteiger partial charge < -0.3 is 14.5 Å². The summed E-state index contributed by atoms with van der Waals surface area (Å²) in [5.74, 6) is 1.50. The van der Waals surface area contributed by atoms with Gasteiger partial charge in [0.15, 0.2) is 0 Å². The van der Waals surface area contributed by atoms with Crippen LogP contribution in [0.3, 0.4) is 0 Å². The number of likely N-dealkylation sites (tertiary alicyclic amines) is 1. The lowest BCUT2D eigenvalue weighted by Gasteiger charge is -2.42. The molecular formula is C20H28N2O2. The molecule has 130 valence electrons. The molecule has 3 aliphatic rings. The third kappa shape index (κ3) is 2.87. The Balaban J connectivity index is 1.48. The van der Waals surface area contributed by atoms with E-state index in [2.05, 4.69) is 28.0 Å². The lowest BCUT2D eigenvalue weighted by atomic mass is 9.85. The normalized spacial score (nSPS) is 29.6. The van der Waals surface area contributed by atoms with Crippen molar-refractivity contribution in [2.45, 2.75) is 62.9 Å². The maximum absolute atomic E-state index is 13.0. The molecule has 0 spiro atoms. The second-order valence-corrected chi connectivity index (χ2v) is 7.57. The number of hydrogen-bond donors (Lipinski definition) is 0. The Morgan fingerprint density at radius 1 is 1.08 bits per heavy atom. The first kappa shape index (κ1) is 15.8. The first-order valence-electron chi connectivity index (χ1n) is 9.47. The van der Waals surface area contributed by atoms with Gasteiger partial charge in [-0.05, 0) is 68.6 Å². The van der Waals surface area contributed by atoms with Crippen molar-refractivity contribution >= 4 is 6.03 Å². The van der Waals surface area contributed by atoms with Crippen LogP contribution in [0, 0.1) is 0 Å². The largest absolute Gasteiger partial charge is 0.497 e. The molecule has 3 heterocycles. The number of carbonyl (C=O) groups excluding carboxylic acids is 1. The first-order chi connectivity index (χ1) is 11.8. The highest BCUT2D eigenvalue weighted by atomic mass is 16.5. The molecule has 4 nitrogen and oxygen atoms in total. The van der Waals surface area contributed by atoms with E-state index in [1.807, 2.05) is 6.07 Å². The molecule has 3 aliphatic heterocycles. The lowest BCUT2D eigenvalue weighted by molar-refractivity contribution is 0.0990. The summed E-state index contributed by atoms with van der Waals surface area (Å²) in [5.41, 5.74) is 1.37. The molecule has 0 saturated carbocycles. The quantitative estimate of drug-likeness (QED) is 0.822. The van der Waals surface area contributed by atoms with Gasteiger partial charge >= 0.3 is 6.03 Å². The minimum absolute atomic E-state index is 0.311. The zero-order valence-electron chi connectivity index (χ0n) is 14.6. The molecule has 3 fully saturated rings. The van der Waals surface area contributed by atoms with E-state index in [0.717, 1.165) is 31.7 Å². The number of rotatable bonds is 2. The van der Waals surface area contributed by atoms with Gasteiger partial charge in [-0.15, -0.1) is 0 Å². The van der Waals surface area contributed by atoms with Gasteiger partial charge in [-0.25, -0.2) is 4.79 Å². The molecule has 3 saturated heterocycles. The molecule has 1 aromatic carbocycles. The summed E-state index contributed by atoms with van der Waals surface area (Å²) in [6.07, 6.45) is 8.15. The van der Waals surface area contributed by atoms with Crippen LogP contribution in [0.2, 0.25) is 0 Å². The predicted molar refractivity (Wildman–Crippen MR) is 94.4 cm³/mol. The molecule has 0 aliphatic carbocycles. The molecule has 0 radical (unpaired) electrons. The Morgan fingerprint density at radius 3 is 2.46 bits per heavy atom. The van der Waals surface area contributed by atoms with Gasteiger partial charge in [0, 0.05) is 25.2 Å². The molecule has 0 aromatic heterocycles. The molecule has 2 amide bonds. The van der Waals surface area contributed by atoms with E-state index in [4.69, 9.17) is 4.74 Å². The lowest BCUT2D eigenvalue weighted by Crippen LogP contribution is -2.53. The molecule has 4 heteroatoms. The van der Waals surface area contributed by atoms with Crippen LogP contribution < -0.4 is 4.74 Å². The van der Waals surface area contributed by atoms with Gasteiger partial charge in [-0.1, -0.05) is 12.1 Å². The van der Waals surface area contributed by atoms with Crippen LogP contribution >= 0.6 is 0 Å². The van der Waals surface area contributed by atoms with Crippen molar-refractivity contribution in [3.05, 3.63) is 29.8 Å². The topological polar surface area (TPSA) is 32.8 Å². The average molecular weight is 328 g/mol. The second kappa shape index (κ2) is 6.66. The predicted octanol–water partition coefficient (Wildman–Crippen LogP) is 4.01. The minimum Gasteiger partial charge on any atom is -0.497 e. The average Bonchev–Trinajstić information content (AvgIpc) is 2.91. The van der Waals surface area contributed by atoms with Crippen molar-refractivity contribution in [3.8, 4) is 5.75 Å². The van der Waals surface area contributed by atoms with Crippen molar-refractivity contribution in [3.63, 3.8) is 0 Å². The smallest absolute Gasteiger partial charge is 0.320 e. The summed E-state index contributed by atoms with van der Waals surface area (Å²) in [4.78, 5) is 17.3. The van der Waals surface area contributed by atoms with Crippen LogP contribution in [0.15, 0.2) is 24.3 Å². The molecule has 4 rings (SSSR count). The Kier molecular flexibility index (Phi) is 4.38. The van der Waals surface area contributed by atoms with Crippen molar-refractivity contribution in [2.24, 2.45) is 0 Å². The van der Waals surface area contributed by atoms with Crippen molar-refractivity contribution in [1.29, 1.82) is 0 Å². The number of piperidine rings is 2. The Hall–Kier alpha value is -1.71. The highest BCUT2D eigenvalue weighted by Crippen LogP contribution is 2.44. The number of fused-ring (bicyclic) bond motifs is 2. The number of amides is 2. The number of urea groups is 1. The molecule has 3 atom stereocenters. The molecule has 0 unspecified atom stereocenters. The fourth-order valence-corrected chi connectivity index (χ4v) is 4.91. The summed E-state index contributed by atoms with van der Waals surface area (Å²) < 4.78 is 5.38. The monoisotopic (exact) mass is 328 g/mol. The Bertz CT molecular complexity index is 583. The van der Waals surface area contributed by atoms with E-state index < -0.39 is 0 Å². The van der Waals surface area contributed by atoms with E-state index in [1.165, 1.54) is 37.7 Å². The number of nitrogens with zero attached hydrogens (tertiary/aromatic N) is 2. The van der Waals surface area contributed by atoms with E-state index in [9.17, 15) is 4.79 Å². The minimum atomic E-state index is 0.311. The standard InChI is InChI=1S/C20H28N2O2/c1-24-19-7-5-6-15(14-19)16-12-17-8-9-18(13-16)22(17)20(23)21-10-3-2-4-11-21/h5-7,14,16-18H,2-4,8-13H2,1H3/t16-,17+,18-. The number of carbonyl (C=O) groups is 1. The molecule has 24 heavy (non-hydrogen) atoms. The van der Waals surface area contributed by atoms with Crippen LogP contribution in [0.25, 0.3) is 0 Å².